The second-order valence-electron chi connectivity index (χ2n) is 2.61. The molecule has 12 heavy (non-hydrogen) atoms. The standard InChI is InChI=1S/C8H9BrFNO/c1-4-7(9)3-6(5(2)12)8(10)11-4/h3,5,12H,1-2H3. The number of halogens is 2. The minimum absolute atomic E-state index is 0.215. The van der Waals surface area contributed by atoms with Gasteiger partial charge in [-0.1, -0.05) is 0 Å². The first-order valence-electron chi connectivity index (χ1n) is 3.53. The SMILES string of the molecule is Cc1nc(F)c(C(C)O)cc1Br. The lowest BCUT2D eigenvalue weighted by molar-refractivity contribution is 0.192. The molecule has 1 aromatic rings. The first-order chi connectivity index (χ1) is 5.52. The number of rotatable bonds is 1. The molecule has 0 saturated carbocycles. The minimum atomic E-state index is -0.825. The maximum absolute atomic E-state index is 13.0. The van der Waals surface area contributed by atoms with Crippen molar-refractivity contribution in [1.29, 1.82) is 0 Å². The highest BCUT2D eigenvalue weighted by Crippen LogP contribution is 2.22. The zero-order chi connectivity index (χ0) is 9.30. The summed E-state index contributed by atoms with van der Waals surface area (Å²) in [4.78, 5) is 3.62. The van der Waals surface area contributed by atoms with Crippen molar-refractivity contribution in [3.05, 3.63) is 27.7 Å². The van der Waals surface area contributed by atoms with Crippen LogP contribution in [0.1, 0.15) is 24.3 Å². The molecule has 1 heterocycles. The van der Waals surface area contributed by atoms with Crippen molar-refractivity contribution in [1.82, 2.24) is 4.98 Å². The Kier molecular flexibility index (Phi) is 2.80. The van der Waals surface area contributed by atoms with Crippen molar-refractivity contribution in [2.24, 2.45) is 0 Å². The van der Waals surface area contributed by atoms with Gasteiger partial charge in [0.2, 0.25) is 5.95 Å². The summed E-state index contributed by atoms with van der Waals surface area (Å²) in [5.74, 6) is -0.606. The smallest absolute Gasteiger partial charge is 0.218 e. The first kappa shape index (κ1) is 9.61. The van der Waals surface area contributed by atoms with Gasteiger partial charge in [-0.25, -0.2) is 4.98 Å². The van der Waals surface area contributed by atoms with E-state index in [1.54, 1.807) is 13.0 Å². The van der Waals surface area contributed by atoms with Crippen LogP contribution >= 0.6 is 15.9 Å². The number of aryl methyl sites for hydroxylation is 1. The van der Waals surface area contributed by atoms with Gasteiger partial charge >= 0.3 is 0 Å². The van der Waals surface area contributed by atoms with Crippen molar-refractivity contribution in [3.8, 4) is 0 Å². The zero-order valence-corrected chi connectivity index (χ0v) is 8.39. The van der Waals surface area contributed by atoms with Crippen LogP contribution in [0.2, 0.25) is 0 Å². The Hall–Kier alpha value is -0.480. The van der Waals surface area contributed by atoms with E-state index in [1.165, 1.54) is 6.92 Å². The molecule has 0 saturated heterocycles. The van der Waals surface area contributed by atoms with E-state index in [0.717, 1.165) is 0 Å². The molecule has 0 bridgehead atoms. The van der Waals surface area contributed by atoms with E-state index in [9.17, 15) is 4.39 Å². The lowest BCUT2D eigenvalue weighted by Gasteiger charge is -2.07. The van der Waals surface area contributed by atoms with Gasteiger partial charge < -0.3 is 5.11 Å². The maximum atomic E-state index is 13.0. The topological polar surface area (TPSA) is 33.1 Å². The third-order valence-electron chi connectivity index (χ3n) is 1.58. The molecule has 1 rings (SSSR count). The molecular weight excluding hydrogens is 225 g/mol. The Morgan fingerprint density at radius 1 is 1.67 bits per heavy atom. The zero-order valence-electron chi connectivity index (χ0n) is 6.81. The minimum Gasteiger partial charge on any atom is -0.389 e. The Balaban J connectivity index is 3.23. The molecule has 2 nitrogen and oxygen atoms in total. The average molecular weight is 234 g/mol. The summed E-state index contributed by atoms with van der Waals surface area (Å²) in [6.07, 6.45) is -0.825. The molecule has 0 radical (unpaired) electrons. The molecule has 1 aromatic heterocycles. The average Bonchev–Trinajstić information content (AvgIpc) is 1.96. The number of aromatic nitrogens is 1. The van der Waals surface area contributed by atoms with E-state index in [0.29, 0.717) is 10.2 Å². The van der Waals surface area contributed by atoms with Crippen LogP contribution in [0.5, 0.6) is 0 Å². The van der Waals surface area contributed by atoms with Crippen LogP contribution in [-0.2, 0) is 0 Å². The predicted octanol–water partition coefficient (Wildman–Crippen LogP) is 2.34. The number of pyridine rings is 1. The fraction of sp³-hybridized carbons (Fsp3) is 0.375. The lowest BCUT2D eigenvalue weighted by Crippen LogP contribution is -2.00. The van der Waals surface area contributed by atoms with Gasteiger partial charge in [0.05, 0.1) is 11.8 Å². The fourth-order valence-corrected chi connectivity index (χ4v) is 1.19. The van der Waals surface area contributed by atoms with Crippen molar-refractivity contribution in [3.63, 3.8) is 0 Å². The largest absolute Gasteiger partial charge is 0.389 e. The van der Waals surface area contributed by atoms with Gasteiger partial charge in [0.25, 0.3) is 0 Å². The van der Waals surface area contributed by atoms with E-state index in [4.69, 9.17) is 5.11 Å². The lowest BCUT2D eigenvalue weighted by atomic mass is 10.2. The quantitative estimate of drug-likeness (QED) is 0.756. The third-order valence-corrected chi connectivity index (χ3v) is 2.38. The van der Waals surface area contributed by atoms with Gasteiger partial charge in [-0.3, -0.25) is 0 Å². The van der Waals surface area contributed by atoms with Crippen LogP contribution in [0.4, 0.5) is 4.39 Å². The van der Waals surface area contributed by atoms with Crippen molar-refractivity contribution < 1.29 is 9.50 Å². The molecule has 1 unspecified atom stereocenters. The fourth-order valence-electron chi connectivity index (χ4n) is 0.859. The Morgan fingerprint density at radius 2 is 2.25 bits per heavy atom. The highest BCUT2D eigenvalue weighted by molar-refractivity contribution is 9.10. The number of hydrogen-bond acceptors (Lipinski definition) is 2. The molecule has 0 aromatic carbocycles. The molecule has 0 aliphatic heterocycles. The van der Waals surface area contributed by atoms with Gasteiger partial charge in [0.15, 0.2) is 0 Å². The van der Waals surface area contributed by atoms with Gasteiger partial charge in [-0.05, 0) is 35.8 Å². The molecule has 1 N–H and O–H groups in total. The first-order valence-corrected chi connectivity index (χ1v) is 4.32. The number of nitrogens with zero attached hydrogens (tertiary/aromatic N) is 1. The van der Waals surface area contributed by atoms with Gasteiger partial charge in [0.1, 0.15) is 0 Å². The molecule has 0 aliphatic rings. The number of aliphatic hydroxyl groups excluding tert-OH is 1. The Morgan fingerprint density at radius 3 is 2.75 bits per heavy atom. The van der Waals surface area contributed by atoms with Crippen LogP contribution in [0.25, 0.3) is 0 Å². The second-order valence-corrected chi connectivity index (χ2v) is 3.47. The summed E-state index contributed by atoms with van der Waals surface area (Å²) in [5, 5.41) is 9.12. The summed E-state index contributed by atoms with van der Waals surface area (Å²) >= 11 is 3.21. The van der Waals surface area contributed by atoms with Crippen molar-refractivity contribution >= 4 is 15.9 Å². The maximum Gasteiger partial charge on any atom is 0.218 e. The summed E-state index contributed by atoms with van der Waals surface area (Å²) in [7, 11) is 0. The van der Waals surface area contributed by atoms with Crippen LogP contribution in [-0.4, -0.2) is 10.1 Å². The highest BCUT2D eigenvalue weighted by Gasteiger charge is 2.11. The van der Waals surface area contributed by atoms with Gasteiger partial charge in [0, 0.05) is 10.0 Å². The molecule has 66 valence electrons. The Bertz CT molecular complexity index is 301. The summed E-state index contributed by atoms with van der Waals surface area (Å²) < 4.78 is 13.7. The van der Waals surface area contributed by atoms with E-state index in [1.807, 2.05) is 0 Å². The van der Waals surface area contributed by atoms with Crippen molar-refractivity contribution in [2.45, 2.75) is 20.0 Å². The van der Waals surface area contributed by atoms with Crippen molar-refractivity contribution in [2.75, 3.05) is 0 Å². The molecule has 0 aliphatic carbocycles. The van der Waals surface area contributed by atoms with Gasteiger partial charge in [-0.2, -0.15) is 4.39 Å². The predicted molar refractivity (Wildman–Crippen MR) is 47.3 cm³/mol. The van der Waals surface area contributed by atoms with E-state index in [2.05, 4.69) is 20.9 Å². The van der Waals surface area contributed by atoms with E-state index >= 15 is 0 Å². The summed E-state index contributed by atoms with van der Waals surface area (Å²) in [5.41, 5.74) is 0.796. The molecule has 0 fully saturated rings. The summed E-state index contributed by atoms with van der Waals surface area (Å²) in [6, 6.07) is 1.54. The van der Waals surface area contributed by atoms with Gasteiger partial charge in [-0.15, -0.1) is 0 Å². The second kappa shape index (κ2) is 3.49. The molecule has 1 atom stereocenters. The highest BCUT2D eigenvalue weighted by atomic mass is 79.9. The molecule has 4 heteroatoms. The van der Waals surface area contributed by atoms with Crippen LogP contribution in [0.15, 0.2) is 10.5 Å². The van der Waals surface area contributed by atoms with Crippen LogP contribution < -0.4 is 0 Å². The normalized spacial score (nSPS) is 13.1. The third kappa shape index (κ3) is 1.81. The molecule has 0 amide bonds. The van der Waals surface area contributed by atoms with E-state index in [-0.39, 0.29) is 5.56 Å². The number of hydrogen-bond donors (Lipinski definition) is 1. The monoisotopic (exact) mass is 233 g/mol. The van der Waals surface area contributed by atoms with Crippen LogP contribution in [0, 0.1) is 12.9 Å². The number of aliphatic hydroxyl groups is 1. The van der Waals surface area contributed by atoms with E-state index < -0.39 is 12.1 Å². The molecule has 0 spiro atoms. The molecular formula is C8H9BrFNO. The van der Waals surface area contributed by atoms with Crippen LogP contribution in [0.3, 0.4) is 0 Å². The Labute approximate surface area is 78.6 Å². The summed E-state index contributed by atoms with van der Waals surface area (Å²) in [6.45, 7) is 3.20.